The Balaban J connectivity index is 0.794. The summed E-state index contributed by atoms with van der Waals surface area (Å²) in [5.74, 6) is -3.38. The lowest BCUT2D eigenvalue weighted by atomic mass is 9.46. The van der Waals surface area contributed by atoms with Gasteiger partial charge in [-0.2, -0.15) is 0 Å². The van der Waals surface area contributed by atoms with Crippen molar-refractivity contribution in [1.29, 1.82) is 0 Å². The number of carbonyl (C=O) groups is 7. The van der Waals surface area contributed by atoms with E-state index < -0.39 is 82.3 Å². The fourth-order valence-electron chi connectivity index (χ4n) is 13.5. The van der Waals surface area contributed by atoms with Crippen LogP contribution in [0.4, 0.5) is 0 Å². The number of hydrogen-bond donors (Lipinski definition) is 6. The minimum atomic E-state index is -1.45. The average molecular weight is 927 g/mol. The standard InChI is InChI=1S/C50H62N4O13/c1-46-15-14-32(56)22-31(46)8-9-33-34-23-38-50(37(58)27-55,47(34,2)25-36(57)43(33)46)67-45(66-38)30-6-4-29(5-7-30)24-49-18-16-48(17-19-49,28-65-49)53-44(64)35(10-13-42(62)63)52-39(59)26-51-20-3-21-54-40(60)11-12-41(54)61/h4-7,11-12,14-15,22,33-36,38,43,45,51,55,57H,3,8-10,13,16-21,23-28H2,1-2H3,(H,52,59)(H,53,64)(H,62,63)/t33-,34-,35-,36-,38+,43+,45+,46-,47-,48?,49?,50+/m0/s1. The molecular weight excluding hydrogens is 865 g/mol. The summed E-state index contributed by atoms with van der Waals surface area (Å²) in [6.45, 7) is 4.05. The Morgan fingerprint density at radius 3 is 2.39 bits per heavy atom. The van der Waals surface area contributed by atoms with Gasteiger partial charge in [-0.25, -0.2) is 0 Å². The Hall–Kier alpha value is -4.91. The van der Waals surface area contributed by atoms with Crippen LogP contribution < -0.4 is 16.0 Å². The molecule has 1 aromatic rings. The third-order valence-electron chi connectivity index (χ3n) is 17.0. The van der Waals surface area contributed by atoms with Crippen LogP contribution in [0.2, 0.25) is 0 Å². The van der Waals surface area contributed by atoms with Crippen LogP contribution in [-0.4, -0.2) is 129 Å². The molecule has 17 nitrogen and oxygen atoms in total. The molecule has 7 fully saturated rings. The molecule has 17 heteroatoms. The van der Waals surface area contributed by atoms with Crippen LogP contribution in [0.5, 0.6) is 0 Å². The van der Waals surface area contributed by atoms with E-state index in [2.05, 4.69) is 22.9 Å². The number of aliphatic hydroxyl groups is 2. The van der Waals surface area contributed by atoms with Crippen molar-refractivity contribution >= 4 is 41.2 Å². The van der Waals surface area contributed by atoms with Crippen LogP contribution in [0.1, 0.15) is 102 Å². The summed E-state index contributed by atoms with van der Waals surface area (Å²) in [4.78, 5) is 88.9. The number of aliphatic hydroxyl groups excluding tert-OH is 2. The van der Waals surface area contributed by atoms with Crippen LogP contribution >= 0.6 is 0 Å². The Morgan fingerprint density at radius 2 is 1.72 bits per heavy atom. The Bertz CT molecular complexity index is 2270. The highest BCUT2D eigenvalue weighted by Gasteiger charge is 2.76. The fraction of sp³-hybridized carbons (Fsp3) is 0.620. The number of carbonyl (C=O) groups excluding carboxylic acids is 6. The van der Waals surface area contributed by atoms with Gasteiger partial charge in [0, 0.05) is 53.8 Å². The highest BCUT2D eigenvalue weighted by molar-refractivity contribution is 6.12. The largest absolute Gasteiger partial charge is 0.481 e. The van der Waals surface area contributed by atoms with Crippen molar-refractivity contribution in [2.75, 3.05) is 32.8 Å². The molecule has 10 atom stereocenters. The van der Waals surface area contributed by atoms with Gasteiger partial charge in [0.2, 0.25) is 11.8 Å². The number of nitrogens with one attached hydrogen (secondary N) is 3. The molecule has 1 aromatic carbocycles. The van der Waals surface area contributed by atoms with E-state index in [9.17, 15) is 48.9 Å². The fourth-order valence-corrected chi connectivity index (χ4v) is 13.5. The molecule has 0 spiro atoms. The lowest BCUT2D eigenvalue weighted by molar-refractivity contribution is -0.201. The van der Waals surface area contributed by atoms with Crippen molar-refractivity contribution in [3.63, 3.8) is 0 Å². The van der Waals surface area contributed by atoms with Crippen molar-refractivity contribution in [3.05, 3.63) is 71.3 Å². The molecule has 0 aromatic heterocycles. The minimum absolute atomic E-state index is 0.0107. The van der Waals surface area contributed by atoms with E-state index in [0.717, 1.165) is 34.4 Å². The Morgan fingerprint density at radius 1 is 0.985 bits per heavy atom. The van der Waals surface area contributed by atoms with Crippen LogP contribution in [0.3, 0.4) is 0 Å². The summed E-state index contributed by atoms with van der Waals surface area (Å²) in [5, 5.41) is 40.5. The summed E-state index contributed by atoms with van der Waals surface area (Å²) in [5.41, 5.74) is -1.06. The lowest BCUT2D eigenvalue weighted by Crippen LogP contribution is -2.65. The second-order valence-electron chi connectivity index (χ2n) is 20.7. The molecule has 4 heterocycles. The molecular formula is C50H62N4O13. The van der Waals surface area contributed by atoms with E-state index in [1.165, 1.54) is 12.2 Å². The number of nitrogens with zero attached hydrogens (tertiary/aromatic N) is 1. The maximum absolute atomic E-state index is 14.0. The predicted molar refractivity (Wildman–Crippen MR) is 237 cm³/mol. The lowest BCUT2D eigenvalue weighted by Gasteiger charge is -2.59. The van der Waals surface area contributed by atoms with Crippen LogP contribution in [0.25, 0.3) is 0 Å². The summed E-state index contributed by atoms with van der Waals surface area (Å²) in [6.07, 6.45) is 11.0. The number of hydrogen-bond acceptors (Lipinski definition) is 13. The monoisotopic (exact) mass is 926 g/mol. The highest BCUT2D eigenvalue weighted by Crippen LogP contribution is 2.70. The zero-order chi connectivity index (χ0) is 47.5. The first-order chi connectivity index (χ1) is 31.9. The van der Waals surface area contributed by atoms with Gasteiger partial charge in [0.1, 0.15) is 12.6 Å². The average Bonchev–Trinajstić information content (AvgIpc) is 3.93. The van der Waals surface area contributed by atoms with E-state index >= 15 is 0 Å². The maximum atomic E-state index is 14.0. The molecule has 4 aliphatic heterocycles. The van der Waals surface area contributed by atoms with Gasteiger partial charge < -0.3 is 45.5 Å². The summed E-state index contributed by atoms with van der Waals surface area (Å²) in [6, 6.07) is 6.78. The van der Waals surface area contributed by atoms with Gasteiger partial charge in [-0.15, -0.1) is 0 Å². The van der Waals surface area contributed by atoms with E-state index in [0.29, 0.717) is 57.9 Å². The van der Waals surface area contributed by atoms with Crippen LogP contribution in [0, 0.1) is 28.6 Å². The number of rotatable bonds is 17. The zero-order valence-corrected chi connectivity index (χ0v) is 38.1. The smallest absolute Gasteiger partial charge is 0.303 e. The molecule has 0 radical (unpaired) electrons. The number of Topliss-reactive ketones (excluding diaryl/α,β-unsaturated/α-hetero) is 1. The van der Waals surface area contributed by atoms with E-state index in [-0.39, 0.29) is 67.9 Å². The number of aliphatic carboxylic acids is 1. The van der Waals surface area contributed by atoms with Gasteiger partial charge >= 0.3 is 5.97 Å². The molecule has 4 amide bonds. The van der Waals surface area contributed by atoms with Gasteiger partial charge in [-0.1, -0.05) is 49.8 Å². The molecule has 5 aliphatic carbocycles. The topological polar surface area (TPSA) is 247 Å². The molecule has 0 unspecified atom stereocenters. The number of amides is 4. The number of ether oxygens (including phenoxy) is 3. The van der Waals surface area contributed by atoms with Crippen LogP contribution in [0.15, 0.2) is 60.2 Å². The molecule has 67 heavy (non-hydrogen) atoms. The van der Waals surface area contributed by atoms with E-state index in [1.54, 1.807) is 12.2 Å². The van der Waals surface area contributed by atoms with Crippen molar-refractivity contribution in [2.45, 2.75) is 132 Å². The SMILES string of the molecule is C[C@]12C=CC(=O)C=C1CC[C@@H]1[C@@H]2[C@@H](O)C[C@@]2(C)[C@H]1C[C@H]1O[C@@H](c3ccc(CC45CCC(NC(=O)[C@H](CCC(=O)O)NC(=O)CNCCCN6C(=O)C=CC6=O)(CC4)CO5)cc3)O[C@]12C(=O)CO. The van der Waals surface area contributed by atoms with Crippen molar-refractivity contribution in [3.8, 4) is 0 Å². The summed E-state index contributed by atoms with van der Waals surface area (Å²) < 4.78 is 20.0. The quantitative estimate of drug-likeness (QED) is 0.0970. The predicted octanol–water partition coefficient (Wildman–Crippen LogP) is 2.28. The first-order valence-corrected chi connectivity index (χ1v) is 23.8. The number of carboxylic acids is 1. The van der Waals surface area contributed by atoms with E-state index in [1.807, 2.05) is 37.3 Å². The maximum Gasteiger partial charge on any atom is 0.303 e. The molecule has 4 saturated carbocycles. The number of fused-ring (bicyclic) bond motifs is 10. The first-order valence-electron chi connectivity index (χ1n) is 23.8. The number of ketones is 2. The number of allylic oxidation sites excluding steroid dienone is 4. The first kappa shape index (κ1) is 47.2. The van der Waals surface area contributed by atoms with Gasteiger partial charge in [0.05, 0.1) is 36.5 Å². The third kappa shape index (κ3) is 8.32. The molecule has 2 bridgehead atoms. The van der Waals surface area contributed by atoms with Crippen molar-refractivity contribution < 1.29 is 63.1 Å². The zero-order valence-electron chi connectivity index (χ0n) is 38.1. The Labute approximate surface area is 389 Å². The van der Waals surface area contributed by atoms with Crippen molar-refractivity contribution in [1.82, 2.24) is 20.9 Å². The van der Waals surface area contributed by atoms with Crippen LogP contribution in [-0.2, 0) is 54.2 Å². The Kier molecular flexibility index (Phi) is 12.6. The van der Waals surface area contributed by atoms with E-state index in [4.69, 9.17) is 14.2 Å². The molecule has 360 valence electrons. The highest BCUT2D eigenvalue weighted by atomic mass is 16.7. The summed E-state index contributed by atoms with van der Waals surface area (Å²) >= 11 is 0. The third-order valence-corrected chi connectivity index (χ3v) is 17.0. The van der Waals surface area contributed by atoms with Gasteiger partial charge in [0.25, 0.3) is 11.8 Å². The normalized spacial score (nSPS) is 37.3. The van der Waals surface area contributed by atoms with Gasteiger partial charge in [-0.05, 0) is 100 Å². The van der Waals surface area contributed by atoms with Gasteiger partial charge in [-0.3, -0.25) is 38.5 Å². The second-order valence-corrected chi connectivity index (χ2v) is 20.7. The molecule has 3 saturated heterocycles. The van der Waals surface area contributed by atoms with Gasteiger partial charge in [0.15, 0.2) is 23.5 Å². The molecule has 6 N–H and O–H groups in total. The number of carboxylic acid groups (broad SMARTS) is 1. The summed E-state index contributed by atoms with van der Waals surface area (Å²) in [7, 11) is 0. The minimum Gasteiger partial charge on any atom is -0.481 e. The molecule has 9 aliphatic rings. The molecule has 10 rings (SSSR count). The number of imide groups is 1. The number of benzene rings is 1. The van der Waals surface area contributed by atoms with Crippen molar-refractivity contribution in [2.24, 2.45) is 28.6 Å². The second kappa shape index (κ2) is 17.9.